The molecular formula is C27H41BNO4S2+. The molecule has 2 aromatic carbocycles. The largest absolute Gasteiger partial charge is 0.457 e. The second kappa shape index (κ2) is 11.8. The minimum atomic E-state index is -3.57. The lowest BCUT2D eigenvalue weighted by Crippen LogP contribution is -2.41. The Morgan fingerprint density at radius 3 is 2.11 bits per heavy atom. The molecule has 2 atom stereocenters. The zero-order chi connectivity index (χ0) is 25.7. The fraction of sp³-hybridized carbons (Fsp3) is 0.556. The Kier molecular flexibility index (Phi) is 9.54. The lowest BCUT2D eigenvalue weighted by Gasteiger charge is -2.32. The van der Waals surface area contributed by atoms with Gasteiger partial charge in [0.1, 0.15) is 12.0 Å². The molecule has 0 radical (unpaired) electrons. The number of unbranched alkanes of at least 4 members (excludes halogenated alkanes) is 1. The van der Waals surface area contributed by atoms with E-state index in [2.05, 4.69) is 62.9 Å². The standard InChI is InChI=1S/C27H41BNO4S2/c1-22-15-17-25(18-16-22)35(30,31)29-23(19-21-34(6)24-13-8-7-9-14-24)12-10-11-20-28-32-26(2,3)27(4,5)33-28/h7-9,13-18,23,29H,10-12,19-21H2,1-6H3/q+1/t23-,34?/m1/s1. The van der Waals surface area contributed by atoms with E-state index in [0.29, 0.717) is 4.90 Å². The van der Waals surface area contributed by atoms with Crippen LogP contribution in [0.3, 0.4) is 0 Å². The Bertz CT molecular complexity index is 1030. The minimum Gasteiger partial charge on any atom is -0.403 e. The van der Waals surface area contributed by atoms with Crippen molar-refractivity contribution in [1.82, 2.24) is 4.72 Å². The third kappa shape index (κ3) is 7.83. The summed E-state index contributed by atoms with van der Waals surface area (Å²) in [6, 6.07) is 17.4. The van der Waals surface area contributed by atoms with Gasteiger partial charge in [0.15, 0.2) is 4.90 Å². The van der Waals surface area contributed by atoms with Gasteiger partial charge in [-0.05, 0) is 71.6 Å². The summed E-state index contributed by atoms with van der Waals surface area (Å²) in [4.78, 5) is 1.64. The Morgan fingerprint density at radius 2 is 1.51 bits per heavy atom. The summed E-state index contributed by atoms with van der Waals surface area (Å²) < 4.78 is 41.4. The maximum absolute atomic E-state index is 13.1. The second-order valence-corrected chi connectivity index (χ2v) is 14.4. The summed E-state index contributed by atoms with van der Waals surface area (Å²) in [5, 5.41) is 0. The van der Waals surface area contributed by atoms with Gasteiger partial charge in [0.2, 0.25) is 10.0 Å². The highest BCUT2D eigenvalue weighted by atomic mass is 32.2. The summed E-state index contributed by atoms with van der Waals surface area (Å²) in [6.45, 7) is 10.2. The number of benzene rings is 2. The normalized spacial score (nSPS) is 19.0. The number of hydrogen-bond donors (Lipinski definition) is 1. The Morgan fingerprint density at radius 1 is 0.914 bits per heavy atom. The molecule has 1 fully saturated rings. The van der Waals surface area contributed by atoms with Crippen molar-refractivity contribution in [2.45, 2.75) is 93.7 Å². The topological polar surface area (TPSA) is 64.6 Å². The van der Waals surface area contributed by atoms with E-state index in [0.717, 1.165) is 43.3 Å². The Hall–Kier alpha value is -1.32. The van der Waals surface area contributed by atoms with E-state index in [4.69, 9.17) is 9.31 Å². The molecule has 1 unspecified atom stereocenters. The van der Waals surface area contributed by atoms with Gasteiger partial charge in [-0.15, -0.1) is 0 Å². The lowest BCUT2D eigenvalue weighted by molar-refractivity contribution is 0.00578. The molecule has 1 N–H and O–H groups in total. The fourth-order valence-corrected chi connectivity index (χ4v) is 6.94. The maximum atomic E-state index is 13.1. The van der Waals surface area contributed by atoms with E-state index < -0.39 is 10.0 Å². The van der Waals surface area contributed by atoms with Crippen LogP contribution in [0.4, 0.5) is 0 Å². The van der Waals surface area contributed by atoms with Gasteiger partial charge in [0, 0.05) is 23.4 Å². The molecule has 3 rings (SSSR count). The van der Waals surface area contributed by atoms with E-state index in [9.17, 15) is 8.42 Å². The third-order valence-electron chi connectivity index (χ3n) is 7.12. The molecule has 0 bridgehead atoms. The predicted molar refractivity (Wildman–Crippen MR) is 148 cm³/mol. The van der Waals surface area contributed by atoms with Crippen LogP contribution < -0.4 is 4.72 Å². The van der Waals surface area contributed by atoms with Crippen LogP contribution in [0.25, 0.3) is 0 Å². The molecule has 5 nitrogen and oxygen atoms in total. The number of hydrogen-bond acceptors (Lipinski definition) is 4. The van der Waals surface area contributed by atoms with Crippen molar-refractivity contribution in [2.75, 3.05) is 12.0 Å². The van der Waals surface area contributed by atoms with Gasteiger partial charge in [-0.3, -0.25) is 0 Å². The third-order valence-corrected chi connectivity index (χ3v) is 10.6. The SMILES string of the molecule is Cc1ccc(S(=O)(=O)N[C@H](CCCCB2OC(C)(C)C(C)(C)O2)CC[S+](C)c2ccccc2)cc1. The minimum absolute atomic E-state index is 0.0685. The number of aryl methyl sites for hydroxylation is 1. The van der Waals surface area contributed by atoms with Crippen molar-refractivity contribution in [2.24, 2.45) is 0 Å². The van der Waals surface area contributed by atoms with Gasteiger partial charge < -0.3 is 9.31 Å². The first-order valence-electron chi connectivity index (χ1n) is 12.5. The molecule has 0 amide bonds. The number of sulfonamides is 1. The van der Waals surface area contributed by atoms with Gasteiger partial charge in [-0.1, -0.05) is 48.7 Å². The first kappa shape index (κ1) is 28.3. The van der Waals surface area contributed by atoms with Gasteiger partial charge in [0.25, 0.3) is 0 Å². The van der Waals surface area contributed by atoms with Crippen LogP contribution in [0, 0.1) is 6.92 Å². The van der Waals surface area contributed by atoms with Crippen molar-refractivity contribution in [3.63, 3.8) is 0 Å². The Balaban J connectivity index is 1.59. The molecule has 0 saturated carbocycles. The monoisotopic (exact) mass is 518 g/mol. The van der Waals surface area contributed by atoms with E-state index in [-0.39, 0.29) is 35.3 Å². The molecule has 35 heavy (non-hydrogen) atoms. The average Bonchev–Trinajstić information content (AvgIpc) is 3.01. The van der Waals surface area contributed by atoms with Crippen molar-refractivity contribution < 1.29 is 17.7 Å². The summed E-state index contributed by atoms with van der Waals surface area (Å²) in [5.41, 5.74) is 0.401. The van der Waals surface area contributed by atoms with E-state index >= 15 is 0 Å². The smallest absolute Gasteiger partial charge is 0.403 e. The van der Waals surface area contributed by atoms with Crippen LogP contribution >= 0.6 is 0 Å². The quantitative estimate of drug-likeness (QED) is 0.226. The molecule has 1 heterocycles. The molecular weight excluding hydrogens is 477 g/mol. The summed E-state index contributed by atoms with van der Waals surface area (Å²) in [7, 11) is -3.71. The highest BCUT2D eigenvalue weighted by molar-refractivity contribution is 7.96. The molecule has 2 aromatic rings. The van der Waals surface area contributed by atoms with Crippen molar-refractivity contribution in [3.05, 3.63) is 60.2 Å². The van der Waals surface area contributed by atoms with E-state index in [1.54, 1.807) is 12.1 Å². The molecule has 1 saturated heterocycles. The predicted octanol–water partition coefficient (Wildman–Crippen LogP) is 5.60. The highest BCUT2D eigenvalue weighted by Crippen LogP contribution is 2.38. The van der Waals surface area contributed by atoms with Crippen LogP contribution in [-0.4, -0.2) is 44.8 Å². The molecule has 1 aliphatic heterocycles. The van der Waals surface area contributed by atoms with Crippen LogP contribution in [-0.2, 0) is 30.2 Å². The highest BCUT2D eigenvalue weighted by Gasteiger charge is 2.50. The number of nitrogens with one attached hydrogen (secondary N) is 1. The van der Waals surface area contributed by atoms with Gasteiger partial charge >= 0.3 is 7.12 Å². The molecule has 1 aliphatic rings. The van der Waals surface area contributed by atoms with Crippen LogP contribution in [0.2, 0.25) is 6.32 Å². The van der Waals surface area contributed by atoms with E-state index in [1.165, 1.54) is 4.90 Å². The van der Waals surface area contributed by atoms with Gasteiger partial charge in [0.05, 0.1) is 16.1 Å². The fourth-order valence-electron chi connectivity index (χ4n) is 4.14. The van der Waals surface area contributed by atoms with Gasteiger partial charge in [-0.25, -0.2) is 13.1 Å². The van der Waals surface area contributed by atoms with Crippen molar-refractivity contribution in [1.29, 1.82) is 0 Å². The second-order valence-electron chi connectivity index (χ2n) is 10.5. The molecule has 0 aliphatic carbocycles. The first-order chi connectivity index (χ1) is 16.4. The van der Waals surface area contributed by atoms with Crippen LogP contribution in [0.5, 0.6) is 0 Å². The van der Waals surface area contributed by atoms with Crippen molar-refractivity contribution >= 4 is 28.0 Å². The molecule has 192 valence electrons. The number of rotatable bonds is 12. The van der Waals surface area contributed by atoms with Crippen LogP contribution in [0.15, 0.2) is 64.4 Å². The maximum Gasteiger partial charge on any atom is 0.457 e. The zero-order valence-electron chi connectivity index (χ0n) is 22.0. The summed E-state index contributed by atoms with van der Waals surface area (Å²) in [5.74, 6) is 0.947. The first-order valence-corrected chi connectivity index (χ1v) is 15.8. The summed E-state index contributed by atoms with van der Waals surface area (Å²) in [6.07, 6.45) is 6.47. The van der Waals surface area contributed by atoms with Crippen molar-refractivity contribution in [3.8, 4) is 0 Å². The van der Waals surface area contributed by atoms with E-state index in [1.807, 2.05) is 25.1 Å². The zero-order valence-corrected chi connectivity index (χ0v) is 23.7. The van der Waals surface area contributed by atoms with Gasteiger partial charge in [-0.2, -0.15) is 0 Å². The molecule has 0 spiro atoms. The summed E-state index contributed by atoms with van der Waals surface area (Å²) >= 11 is 0. The Labute approximate surface area is 215 Å². The average molecular weight is 519 g/mol. The molecule has 8 heteroatoms. The molecule has 0 aromatic heterocycles. The lowest BCUT2D eigenvalue weighted by atomic mass is 9.82. The van der Waals surface area contributed by atoms with Crippen LogP contribution in [0.1, 0.15) is 58.9 Å².